The predicted molar refractivity (Wildman–Crippen MR) is 107 cm³/mol. The van der Waals surface area contributed by atoms with Gasteiger partial charge in [0.15, 0.2) is 5.78 Å². The molecule has 0 saturated heterocycles. The Balaban J connectivity index is 1.75. The summed E-state index contributed by atoms with van der Waals surface area (Å²) < 4.78 is 5.55. The molecule has 0 saturated carbocycles. The van der Waals surface area contributed by atoms with Crippen molar-refractivity contribution in [3.63, 3.8) is 0 Å². The molecule has 6 nitrogen and oxygen atoms in total. The fourth-order valence-corrected chi connectivity index (χ4v) is 3.90. The molecule has 2 heterocycles. The van der Waals surface area contributed by atoms with Crippen molar-refractivity contribution in [3.05, 3.63) is 65.0 Å². The summed E-state index contributed by atoms with van der Waals surface area (Å²) in [5.74, 6) is 0.886. The number of pyridine rings is 1. The second kappa shape index (κ2) is 7.38. The summed E-state index contributed by atoms with van der Waals surface area (Å²) in [6, 6.07) is 13.8. The third kappa shape index (κ3) is 3.33. The molecule has 0 radical (unpaired) electrons. The van der Waals surface area contributed by atoms with Crippen molar-refractivity contribution < 1.29 is 9.53 Å². The van der Waals surface area contributed by atoms with Crippen molar-refractivity contribution in [2.75, 3.05) is 12.3 Å². The van der Waals surface area contributed by atoms with E-state index in [0.717, 1.165) is 22.5 Å². The van der Waals surface area contributed by atoms with Crippen LogP contribution in [0.5, 0.6) is 5.88 Å². The first-order valence-electron chi connectivity index (χ1n) is 9.42. The lowest BCUT2D eigenvalue weighted by molar-refractivity contribution is 0.0962. The molecule has 1 aliphatic rings. The average Bonchev–Trinajstić information content (AvgIpc) is 2.67. The van der Waals surface area contributed by atoms with Gasteiger partial charge in [0.05, 0.1) is 29.3 Å². The molecule has 1 aliphatic carbocycles. The molecule has 0 spiro atoms. The largest absolute Gasteiger partial charge is 0.478 e. The van der Waals surface area contributed by atoms with Crippen LogP contribution < -0.4 is 10.5 Å². The van der Waals surface area contributed by atoms with Crippen LogP contribution in [0, 0.1) is 6.92 Å². The highest BCUT2D eigenvalue weighted by atomic mass is 16.5. The smallest absolute Gasteiger partial charge is 0.220 e. The van der Waals surface area contributed by atoms with Crippen LogP contribution in [0.15, 0.2) is 42.5 Å². The molecule has 142 valence electrons. The van der Waals surface area contributed by atoms with E-state index in [0.29, 0.717) is 36.6 Å². The van der Waals surface area contributed by atoms with Gasteiger partial charge in [0.2, 0.25) is 11.8 Å². The number of rotatable bonds is 4. The predicted octanol–water partition coefficient (Wildman–Crippen LogP) is 3.74. The standard InChI is InChI=1S/C22H22N4O2/c1-3-28-20-10-6-9-17(25-20)16-8-5-4-7-15(16)14-11-18-21(19(27)12-14)13(2)24-22(23)26-18/h4-10,14H,3,11-12H2,1-2H3,(H2,23,24,26). The molecule has 1 aromatic carbocycles. The number of carbonyl (C=O) groups is 1. The number of carbonyl (C=O) groups excluding carboxylic acids is 1. The van der Waals surface area contributed by atoms with E-state index < -0.39 is 0 Å². The minimum atomic E-state index is 0.0162. The molecule has 0 bridgehead atoms. The van der Waals surface area contributed by atoms with Crippen LogP contribution in [0.3, 0.4) is 0 Å². The maximum atomic E-state index is 12.8. The minimum Gasteiger partial charge on any atom is -0.478 e. The molecule has 1 atom stereocenters. The number of ether oxygens (including phenoxy) is 1. The van der Waals surface area contributed by atoms with Gasteiger partial charge in [-0.15, -0.1) is 0 Å². The summed E-state index contributed by atoms with van der Waals surface area (Å²) in [5.41, 5.74) is 10.8. The average molecular weight is 374 g/mol. The van der Waals surface area contributed by atoms with E-state index in [9.17, 15) is 4.79 Å². The SMILES string of the molecule is CCOc1cccc(-c2ccccc2C2CC(=O)c3c(C)nc(N)nc3C2)n1. The third-order valence-corrected chi connectivity index (χ3v) is 5.02. The van der Waals surface area contributed by atoms with Gasteiger partial charge < -0.3 is 10.5 Å². The van der Waals surface area contributed by atoms with Gasteiger partial charge in [0, 0.05) is 18.1 Å². The summed E-state index contributed by atoms with van der Waals surface area (Å²) in [6.45, 7) is 4.31. The highest BCUT2D eigenvalue weighted by Gasteiger charge is 2.31. The minimum absolute atomic E-state index is 0.0162. The van der Waals surface area contributed by atoms with Crippen LogP contribution in [0.1, 0.15) is 46.6 Å². The van der Waals surface area contributed by atoms with E-state index in [1.165, 1.54) is 0 Å². The molecular weight excluding hydrogens is 352 g/mol. The number of fused-ring (bicyclic) bond motifs is 1. The van der Waals surface area contributed by atoms with Crippen molar-refractivity contribution in [1.29, 1.82) is 0 Å². The summed E-state index contributed by atoms with van der Waals surface area (Å²) >= 11 is 0. The Kier molecular flexibility index (Phi) is 4.77. The molecule has 6 heteroatoms. The second-order valence-corrected chi connectivity index (χ2v) is 6.90. The summed E-state index contributed by atoms with van der Waals surface area (Å²) in [5, 5.41) is 0. The van der Waals surface area contributed by atoms with Crippen molar-refractivity contribution in [2.24, 2.45) is 0 Å². The summed E-state index contributed by atoms with van der Waals surface area (Å²) in [6.07, 6.45) is 1.07. The quantitative estimate of drug-likeness (QED) is 0.748. The Labute approximate surface area is 163 Å². The zero-order valence-electron chi connectivity index (χ0n) is 16.0. The van der Waals surface area contributed by atoms with Gasteiger partial charge in [0.1, 0.15) is 0 Å². The van der Waals surface area contributed by atoms with Gasteiger partial charge >= 0.3 is 0 Å². The van der Waals surface area contributed by atoms with Crippen LogP contribution in [-0.2, 0) is 6.42 Å². The van der Waals surface area contributed by atoms with Crippen molar-refractivity contribution >= 4 is 11.7 Å². The fourth-order valence-electron chi connectivity index (χ4n) is 3.90. The number of nitrogens with two attached hydrogens (primary N) is 1. The van der Waals surface area contributed by atoms with Gasteiger partial charge in [0.25, 0.3) is 0 Å². The number of ketones is 1. The molecule has 0 amide bonds. The number of hydrogen-bond acceptors (Lipinski definition) is 6. The molecule has 0 fully saturated rings. The lowest BCUT2D eigenvalue weighted by atomic mass is 9.79. The second-order valence-electron chi connectivity index (χ2n) is 6.90. The molecule has 0 aliphatic heterocycles. The molecular formula is C22H22N4O2. The molecule has 4 rings (SSSR count). The van der Waals surface area contributed by atoms with Gasteiger partial charge in [-0.25, -0.2) is 15.0 Å². The highest BCUT2D eigenvalue weighted by Crippen LogP contribution is 2.37. The van der Waals surface area contributed by atoms with E-state index in [2.05, 4.69) is 21.0 Å². The maximum absolute atomic E-state index is 12.8. The normalized spacial score (nSPS) is 15.9. The van der Waals surface area contributed by atoms with E-state index in [4.69, 9.17) is 10.5 Å². The van der Waals surface area contributed by atoms with Crippen LogP contribution in [0.2, 0.25) is 0 Å². The first-order chi connectivity index (χ1) is 13.6. The zero-order chi connectivity index (χ0) is 19.7. The van der Waals surface area contributed by atoms with Gasteiger partial charge in [-0.05, 0) is 37.8 Å². The number of aryl methyl sites for hydroxylation is 1. The van der Waals surface area contributed by atoms with Crippen LogP contribution in [-0.4, -0.2) is 27.3 Å². The van der Waals surface area contributed by atoms with E-state index >= 15 is 0 Å². The van der Waals surface area contributed by atoms with Gasteiger partial charge in [-0.2, -0.15) is 0 Å². The number of hydrogen-bond donors (Lipinski definition) is 1. The Morgan fingerprint density at radius 1 is 1.07 bits per heavy atom. The van der Waals surface area contributed by atoms with Gasteiger partial charge in [-0.1, -0.05) is 30.3 Å². The number of nitrogen functional groups attached to an aromatic ring is 1. The Morgan fingerprint density at radius 2 is 1.89 bits per heavy atom. The topological polar surface area (TPSA) is 91.0 Å². The lowest BCUT2D eigenvalue weighted by Gasteiger charge is -2.26. The van der Waals surface area contributed by atoms with Gasteiger partial charge in [-0.3, -0.25) is 4.79 Å². The van der Waals surface area contributed by atoms with Crippen molar-refractivity contribution in [2.45, 2.75) is 32.6 Å². The number of anilines is 1. The molecule has 2 aromatic heterocycles. The van der Waals surface area contributed by atoms with Crippen LogP contribution in [0.25, 0.3) is 11.3 Å². The molecule has 2 N–H and O–H groups in total. The number of aromatic nitrogens is 3. The van der Waals surface area contributed by atoms with Crippen molar-refractivity contribution in [3.8, 4) is 17.1 Å². The Hall–Kier alpha value is -3.28. The highest BCUT2D eigenvalue weighted by molar-refractivity contribution is 6.00. The Morgan fingerprint density at radius 3 is 2.71 bits per heavy atom. The summed E-state index contributed by atoms with van der Waals surface area (Å²) in [7, 11) is 0. The molecule has 28 heavy (non-hydrogen) atoms. The number of benzene rings is 1. The van der Waals surface area contributed by atoms with Crippen LogP contribution in [0.4, 0.5) is 5.95 Å². The zero-order valence-corrected chi connectivity index (χ0v) is 16.0. The van der Waals surface area contributed by atoms with E-state index in [1.54, 1.807) is 0 Å². The third-order valence-electron chi connectivity index (χ3n) is 5.02. The first kappa shape index (κ1) is 18.1. The maximum Gasteiger partial charge on any atom is 0.220 e. The van der Waals surface area contributed by atoms with E-state index in [1.807, 2.05) is 50.2 Å². The number of Topliss-reactive ketones (excluding diaryl/α,β-unsaturated/α-hetero) is 1. The fraction of sp³-hybridized carbons (Fsp3) is 0.273. The summed E-state index contributed by atoms with van der Waals surface area (Å²) in [4.78, 5) is 26.0. The van der Waals surface area contributed by atoms with E-state index in [-0.39, 0.29) is 17.6 Å². The molecule has 3 aromatic rings. The molecule has 1 unspecified atom stereocenters. The van der Waals surface area contributed by atoms with Crippen molar-refractivity contribution in [1.82, 2.24) is 15.0 Å². The monoisotopic (exact) mass is 374 g/mol. The lowest BCUT2D eigenvalue weighted by Crippen LogP contribution is -2.23. The number of nitrogens with zero attached hydrogens (tertiary/aromatic N) is 3. The Bertz CT molecular complexity index is 1050. The first-order valence-corrected chi connectivity index (χ1v) is 9.42. The van der Waals surface area contributed by atoms with Crippen LogP contribution >= 0.6 is 0 Å².